The summed E-state index contributed by atoms with van der Waals surface area (Å²) >= 11 is 0. The van der Waals surface area contributed by atoms with Crippen LogP contribution in [0.15, 0.2) is 11.7 Å². The predicted octanol–water partition coefficient (Wildman–Crippen LogP) is 6.28. The van der Waals surface area contributed by atoms with Crippen molar-refractivity contribution in [3.05, 3.63) is 11.7 Å². The van der Waals surface area contributed by atoms with Gasteiger partial charge in [-0.2, -0.15) is 8.78 Å². The molecule has 20 heavy (non-hydrogen) atoms. The van der Waals surface area contributed by atoms with Crippen molar-refractivity contribution in [2.75, 3.05) is 0 Å². The van der Waals surface area contributed by atoms with Gasteiger partial charge in [0.05, 0.1) is 0 Å². The first kappa shape index (κ1) is 16.0. The molecular weight excluding hydrogens is 254 g/mol. The fourth-order valence-electron chi connectivity index (χ4n) is 4.30. The van der Waals surface area contributed by atoms with Crippen LogP contribution >= 0.6 is 0 Å². The zero-order chi connectivity index (χ0) is 14.9. The Morgan fingerprint density at radius 1 is 0.650 bits per heavy atom. The number of allylic oxidation sites excluding steroid dienone is 1. The smallest absolute Gasteiger partial charge is 0.173 e. The molecule has 0 radical (unpaired) electrons. The summed E-state index contributed by atoms with van der Waals surface area (Å²) in [5, 5.41) is 0. The van der Waals surface area contributed by atoms with E-state index in [1.165, 1.54) is 0 Å². The molecule has 6 atom stereocenters. The van der Waals surface area contributed by atoms with Gasteiger partial charge in [-0.05, 0) is 74.0 Å². The molecule has 0 nitrogen and oxygen atoms in total. The molecule has 0 saturated heterocycles. The molecule has 0 heterocycles. The molecule has 0 aromatic rings. The van der Waals surface area contributed by atoms with E-state index in [-0.39, 0.29) is 11.8 Å². The van der Waals surface area contributed by atoms with Gasteiger partial charge in [-0.15, -0.1) is 0 Å². The topological polar surface area (TPSA) is 0 Å². The van der Waals surface area contributed by atoms with Crippen molar-refractivity contribution in [2.45, 2.75) is 66.2 Å². The van der Waals surface area contributed by atoms with Crippen molar-refractivity contribution in [2.24, 2.45) is 35.5 Å². The van der Waals surface area contributed by atoms with Crippen LogP contribution < -0.4 is 0 Å². The van der Waals surface area contributed by atoms with Gasteiger partial charge in [0, 0.05) is 5.57 Å². The highest BCUT2D eigenvalue weighted by atomic mass is 19.3. The van der Waals surface area contributed by atoms with E-state index in [2.05, 4.69) is 27.7 Å². The van der Waals surface area contributed by atoms with Gasteiger partial charge in [0.15, 0.2) is 0 Å². The van der Waals surface area contributed by atoms with E-state index in [1.807, 2.05) is 0 Å². The summed E-state index contributed by atoms with van der Waals surface area (Å²) in [5.74, 6) is 2.86. The summed E-state index contributed by atoms with van der Waals surface area (Å²) in [5.41, 5.74) is 0.544. The molecular formula is C18H30F2. The van der Waals surface area contributed by atoms with Gasteiger partial charge in [-0.3, -0.25) is 0 Å². The molecule has 0 aromatic heterocycles. The number of hydrogen-bond acceptors (Lipinski definition) is 0. The Bertz CT molecular complexity index is 328. The molecule has 2 rings (SSSR count). The molecule has 0 spiro atoms. The molecule has 0 amide bonds. The van der Waals surface area contributed by atoms with Gasteiger partial charge in [-0.1, -0.05) is 27.7 Å². The zero-order valence-electron chi connectivity index (χ0n) is 13.5. The average Bonchev–Trinajstić information content (AvgIpc) is 2.38. The van der Waals surface area contributed by atoms with Gasteiger partial charge in [0.25, 0.3) is 6.08 Å². The minimum Gasteiger partial charge on any atom is -0.173 e. The highest BCUT2D eigenvalue weighted by Crippen LogP contribution is 2.46. The quantitative estimate of drug-likeness (QED) is 0.559. The van der Waals surface area contributed by atoms with Crippen LogP contribution in [0, 0.1) is 35.5 Å². The normalized spacial score (nSPS) is 42.3. The van der Waals surface area contributed by atoms with Crippen LogP contribution in [-0.4, -0.2) is 0 Å². The van der Waals surface area contributed by atoms with Gasteiger partial charge in [0.1, 0.15) is 0 Å². The summed E-state index contributed by atoms with van der Waals surface area (Å²) in [4.78, 5) is 0. The van der Waals surface area contributed by atoms with Crippen LogP contribution in [0.4, 0.5) is 8.78 Å². The monoisotopic (exact) mass is 284 g/mol. The Labute approximate surface area is 123 Å². The highest BCUT2D eigenvalue weighted by Gasteiger charge is 2.35. The van der Waals surface area contributed by atoms with Gasteiger partial charge < -0.3 is 0 Å². The third-order valence-corrected chi connectivity index (χ3v) is 6.29. The van der Waals surface area contributed by atoms with Crippen molar-refractivity contribution in [3.63, 3.8) is 0 Å². The van der Waals surface area contributed by atoms with Crippen molar-refractivity contribution in [3.8, 4) is 0 Å². The van der Waals surface area contributed by atoms with Crippen LogP contribution in [0.25, 0.3) is 0 Å². The second kappa shape index (κ2) is 6.58. The molecule has 0 aliphatic heterocycles. The van der Waals surface area contributed by atoms with E-state index in [1.54, 1.807) is 0 Å². The van der Waals surface area contributed by atoms with Gasteiger partial charge >= 0.3 is 0 Å². The van der Waals surface area contributed by atoms with Crippen LogP contribution in [0.2, 0.25) is 0 Å². The lowest BCUT2D eigenvalue weighted by atomic mass is 9.66. The Morgan fingerprint density at radius 3 is 1.35 bits per heavy atom. The van der Waals surface area contributed by atoms with E-state index >= 15 is 0 Å². The average molecular weight is 284 g/mol. The third kappa shape index (κ3) is 3.43. The first-order chi connectivity index (χ1) is 9.40. The van der Waals surface area contributed by atoms with Crippen molar-refractivity contribution >= 4 is 0 Å². The van der Waals surface area contributed by atoms with Crippen LogP contribution in [0.5, 0.6) is 0 Å². The van der Waals surface area contributed by atoms with Gasteiger partial charge in [0.2, 0.25) is 0 Å². The predicted molar refractivity (Wildman–Crippen MR) is 80.6 cm³/mol. The lowest BCUT2D eigenvalue weighted by Crippen LogP contribution is -2.29. The fourth-order valence-corrected chi connectivity index (χ4v) is 4.30. The first-order valence-electron chi connectivity index (χ1n) is 8.45. The second-order valence-electron chi connectivity index (χ2n) is 7.64. The SMILES string of the molecule is CC1CCC(C(=C(F)F)C2CCC(C)C(C)C2)CC1C. The minimum atomic E-state index is -1.36. The number of hydrogen-bond donors (Lipinski definition) is 0. The van der Waals surface area contributed by atoms with Crippen molar-refractivity contribution in [1.82, 2.24) is 0 Å². The molecule has 2 heteroatoms. The van der Waals surface area contributed by atoms with E-state index < -0.39 is 6.08 Å². The van der Waals surface area contributed by atoms with E-state index in [0.717, 1.165) is 38.5 Å². The van der Waals surface area contributed by atoms with Crippen LogP contribution in [-0.2, 0) is 0 Å². The fraction of sp³-hybridized carbons (Fsp3) is 0.889. The minimum absolute atomic E-state index is 0.150. The summed E-state index contributed by atoms with van der Waals surface area (Å²) in [6, 6.07) is 0. The lowest BCUT2D eigenvalue weighted by molar-refractivity contribution is 0.176. The molecule has 2 aliphatic carbocycles. The standard InChI is InChI=1S/C18H30F2/c1-11-5-7-15(9-13(11)3)17(18(19)20)16-8-6-12(2)14(4)10-16/h11-16H,5-10H2,1-4H3. The maximum Gasteiger partial charge on any atom is 0.270 e. The van der Waals surface area contributed by atoms with Crippen molar-refractivity contribution in [1.29, 1.82) is 0 Å². The van der Waals surface area contributed by atoms with Crippen LogP contribution in [0.3, 0.4) is 0 Å². The zero-order valence-corrected chi connectivity index (χ0v) is 13.5. The second-order valence-corrected chi connectivity index (χ2v) is 7.64. The van der Waals surface area contributed by atoms with Crippen molar-refractivity contribution < 1.29 is 8.78 Å². The van der Waals surface area contributed by atoms with Gasteiger partial charge in [-0.25, -0.2) is 0 Å². The molecule has 0 aromatic carbocycles. The molecule has 2 fully saturated rings. The molecule has 116 valence electrons. The highest BCUT2D eigenvalue weighted by molar-refractivity contribution is 5.14. The van der Waals surface area contributed by atoms with E-state index in [4.69, 9.17) is 0 Å². The molecule has 6 unspecified atom stereocenters. The maximum absolute atomic E-state index is 13.6. The summed E-state index contributed by atoms with van der Waals surface area (Å²) in [7, 11) is 0. The summed E-state index contributed by atoms with van der Waals surface area (Å²) in [6.45, 7) is 8.99. The largest absolute Gasteiger partial charge is 0.270 e. The Hall–Kier alpha value is -0.400. The number of halogens is 2. The Kier molecular flexibility index (Phi) is 5.25. The summed E-state index contributed by atoms with van der Waals surface area (Å²) < 4.78 is 27.2. The molecule has 0 bridgehead atoms. The van der Waals surface area contributed by atoms with Crippen LogP contribution in [0.1, 0.15) is 66.2 Å². The lowest BCUT2D eigenvalue weighted by Gasteiger charge is -2.39. The molecule has 2 aliphatic rings. The Balaban J connectivity index is 2.11. The summed E-state index contributed by atoms with van der Waals surface area (Å²) in [6.07, 6.45) is 4.74. The van der Waals surface area contributed by atoms with E-state index in [9.17, 15) is 8.78 Å². The first-order valence-corrected chi connectivity index (χ1v) is 8.45. The molecule has 2 saturated carbocycles. The molecule has 0 N–H and O–H groups in total. The third-order valence-electron chi connectivity index (χ3n) is 6.29. The maximum atomic E-state index is 13.6. The van der Waals surface area contributed by atoms with E-state index in [0.29, 0.717) is 29.2 Å². The number of rotatable bonds is 2. The Morgan fingerprint density at radius 2 is 1.05 bits per heavy atom.